The van der Waals surface area contributed by atoms with Gasteiger partial charge in [0.05, 0.1) is 6.07 Å². The number of nitriles is 1. The summed E-state index contributed by atoms with van der Waals surface area (Å²) in [4.78, 5) is 25.9. The number of rotatable bonds is 4. The summed E-state index contributed by atoms with van der Waals surface area (Å²) in [7, 11) is 0. The van der Waals surface area contributed by atoms with Gasteiger partial charge >= 0.3 is 6.09 Å². The lowest BCUT2D eigenvalue weighted by atomic mass is 9.94. The third-order valence-electron chi connectivity index (χ3n) is 3.60. The maximum absolute atomic E-state index is 12.5. The molecule has 118 valence electrons. The van der Waals surface area contributed by atoms with Gasteiger partial charge < -0.3 is 15.0 Å². The van der Waals surface area contributed by atoms with Crippen molar-refractivity contribution in [1.29, 1.82) is 5.26 Å². The van der Waals surface area contributed by atoms with Crippen LogP contribution in [0.1, 0.15) is 47.5 Å². The third kappa shape index (κ3) is 4.62. The molecule has 1 N–H and O–H groups in total. The Morgan fingerprint density at radius 3 is 2.48 bits per heavy atom. The van der Waals surface area contributed by atoms with E-state index < -0.39 is 17.7 Å². The normalized spacial score (nSPS) is 20.8. The fourth-order valence-electron chi connectivity index (χ4n) is 2.08. The van der Waals surface area contributed by atoms with E-state index in [1.165, 1.54) is 4.90 Å². The molecular weight excluding hydrogens is 270 g/mol. The molecular formula is C15H25N3O3. The topological polar surface area (TPSA) is 82.4 Å². The van der Waals surface area contributed by atoms with E-state index in [9.17, 15) is 9.59 Å². The molecule has 6 heteroatoms. The number of carbonyl (C=O) groups excluding carboxylic acids is 2. The second-order valence-electron chi connectivity index (χ2n) is 6.47. The van der Waals surface area contributed by atoms with Crippen molar-refractivity contribution in [2.24, 2.45) is 5.92 Å². The van der Waals surface area contributed by atoms with Crippen molar-refractivity contribution in [1.82, 2.24) is 10.2 Å². The molecule has 1 aliphatic rings. The first-order chi connectivity index (χ1) is 9.69. The number of nitrogens with one attached hydrogen (secondary N) is 1. The second kappa shape index (κ2) is 6.79. The zero-order valence-electron chi connectivity index (χ0n) is 13.5. The molecule has 1 unspecified atom stereocenters. The molecule has 2 amide bonds. The SMILES string of the molecule is CCC(C)[C@H](NC(=O)OC(C)(C)C)C(=O)N1CC[C@H]1C#N. The summed E-state index contributed by atoms with van der Waals surface area (Å²) >= 11 is 0. The summed E-state index contributed by atoms with van der Waals surface area (Å²) in [6.07, 6.45) is 0.842. The predicted molar refractivity (Wildman–Crippen MR) is 78.3 cm³/mol. The molecule has 6 nitrogen and oxygen atoms in total. The van der Waals surface area contributed by atoms with E-state index in [4.69, 9.17) is 10.00 Å². The van der Waals surface area contributed by atoms with Crippen molar-refractivity contribution in [3.63, 3.8) is 0 Å². The lowest BCUT2D eigenvalue weighted by Gasteiger charge is -2.40. The van der Waals surface area contributed by atoms with Gasteiger partial charge in [0.2, 0.25) is 5.91 Å². The summed E-state index contributed by atoms with van der Waals surface area (Å²) < 4.78 is 5.21. The van der Waals surface area contributed by atoms with Gasteiger partial charge in [-0.05, 0) is 33.1 Å². The number of ether oxygens (including phenoxy) is 1. The Morgan fingerprint density at radius 1 is 1.48 bits per heavy atom. The third-order valence-corrected chi connectivity index (χ3v) is 3.60. The molecule has 0 aliphatic carbocycles. The fourth-order valence-corrected chi connectivity index (χ4v) is 2.08. The molecule has 3 atom stereocenters. The molecule has 0 spiro atoms. The zero-order valence-corrected chi connectivity index (χ0v) is 13.5. The molecule has 0 aromatic rings. The van der Waals surface area contributed by atoms with Crippen LogP contribution in [0.3, 0.4) is 0 Å². The first kappa shape index (κ1) is 17.3. The van der Waals surface area contributed by atoms with Crippen LogP contribution in [0.4, 0.5) is 4.79 Å². The van der Waals surface area contributed by atoms with Crippen molar-refractivity contribution in [3.05, 3.63) is 0 Å². The fraction of sp³-hybridized carbons (Fsp3) is 0.800. The minimum absolute atomic E-state index is 0.0232. The number of amides is 2. The lowest BCUT2D eigenvalue weighted by Crippen LogP contribution is -2.59. The average Bonchev–Trinajstić information content (AvgIpc) is 2.32. The monoisotopic (exact) mass is 295 g/mol. The van der Waals surface area contributed by atoms with Gasteiger partial charge in [-0.1, -0.05) is 20.3 Å². The van der Waals surface area contributed by atoms with Gasteiger partial charge in [-0.15, -0.1) is 0 Å². The van der Waals surface area contributed by atoms with Gasteiger partial charge in [-0.3, -0.25) is 4.79 Å². The van der Waals surface area contributed by atoms with Crippen molar-refractivity contribution in [2.45, 2.75) is 65.1 Å². The maximum Gasteiger partial charge on any atom is 0.408 e. The number of carbonyl (C=O) groups is 2. The van der Waals surface area contributed by atoms with Crippen molar-refractivity contribution in [3.8, 4) is 6.07 Å². The molecule has 1 heterocycles. The quantitative estimate of drug-likeness (QED) is 0.860. The Morgan fingerprint density at radius 2 is 2.10 bits per heavy atom. The number of hydrogen-bond donors (Lipinski definition) is 1. The highest BCUT2D eigenvalue weighted by atomic mass is 16.6. The molecule has 0 saturated carbocycles. The average molecular weight is 295 g/mol. The van der Waals surface area contributed by atoms with E-state index in [-0.39, 0.29) is 17.9 Å². The summed E-state index contributed by atoms with van der Waals surface area (Å²) in [5.41, 5.74) is -0.612. The number of likely N-dealkylation sites (tertiary alicyclic amines) is 1. The zero-order chi connectivity index (χ0) is 16.2. The van der Waals surface area contributed by atoms with E-state index in [1.54, 1.807) is 20.8 Å². The van der Waals surface area contributed by atoms with Gasteiger partial charge in [0.15, 0.2) is 0 Å². The second-order valence-corrected chi connectivity index (χ2v) is 6.47. The van der Waals surface area contributed by atoms with Gasteiger partial charge in [0.25, 0.3) is 0 Å². The van der Waals surface area contributed by atoms with E-state index in [0.29, 0.717) is 13.0 Å². The summed E-state index contributed by atoms with van der Waals surface area (Å²) in [6, 6.07) is 1.07. The van der Waals surface area contributed by atoms with E-state index in [2.05, 4.69) is 11.4 Å². The van der Waals surface area contributed by atoms with E-state index >= 15 is 0 Å². The van der Waals surface area contributed by atoms with Gasteiger partial charge in [-0.25, -0.2) is 4.79 Å². The van der Waals surface area contributed by atoms with Gasteiger partial charge in [-0.2, -0.15) is 5.26 Å². The summed E-state index contributed by atoms with van der Waals surface area (Å²) in [5, 5.41) is 11.6. The molecule has 0 bridgehead atoms. The number of nitrogens with zero attached hydrogens (tertiary/aromatic N) is 2. The smallest absolute Gasteiger partial charge is 0.408 e. The van der Waals surface area contributed by atoms with E-state index in [1.807, 2.05) is 13.8 Å². The molecule has 0 aromatic heterocycles. The van der Waals surface area contributed by atoms with Crippen LogP contribution in [0.5, 0.6) is 0 Å². The molecule has 1 fully saturated rings. The molecule has 1 aliphatic heterocycles. The Hall–Kier alpha value is -1.77. The molecule has 21 heavy (non-hydrogen) atoms. The number of alkyl carbamates (subject to hydrolysis) is 1. The number of hydrogen-bond acceptors (Lipinski definition) is 4. The highest BCUT2D eigenvalue weighted by Crippen LogP contribution is 2.21. The van der Waals surface area contributed by atoms with Crippen LogP contribution in [0.25, 0.3) is 0 Å². The van der Waals surface area contributed by atoms with E-state index in [0.717, 1.165) is 6.42 Å². The van der Waals surface area contributed by atoms with Crippen LogP contribution in [0, 0.1) is 17.2 Å². The molecule has 1 saturated heterocycles. The molecule has 0 aromatic carbocycles. The van der Waals surface area contributed by atoms with Crippen LogP contribution in [0.2, 0.25) is 0 Å². The first-order valence-electron chi connectivity index (χ1n) is 7.39. The predicted octanol–water partition coefficient (Wildman–Crippen LogP) is 2.05. The molecule has 0 radical (unpaired) electrons. The summed E-state index contributed by atoms with van der Waals surface area (Å²) in [5.74, 6) is -0.224. The Labute approximate surface area is 126 Å². The van der Waals surface area contributed by atoms with Crippen LogP contribution in [-0.2, 0) is 9.53 Å². The lowest BCUT2D eigenvalue weighted by molar-refractivity contribution is -0.140. The molecule has 1 rings (SSSR count). The minimum Gasteiger partial charge on any atom is -0.444 e. The standard InChI is InChI=1S/C15H25N3O3/c1-6-10(2)12(17-14(20)21-15(3,4)5)13(19)18-8-7-11(18)9-16/h10-12H,6-8H2,1-5H3,(H,17,20)/t10?,11-,12-/m0/s1. The Bertz CT molecular complexity index is 436. The van der Waals surface area contributed by atoms with Crippen molar-refractivity contribution in [2.75, 3.05) is 6.54 Å². The first-order valence-corrected chi connectivity index (χ1v) is 7.39. The minimum atomic E-state index is -0.652. The highest BCUT2D eigenvalue weighted by molar-refractivity contribution is 5.87. The maximum atomic E-state index is 12.5. The van der Waals surface area contributed by atoms with Crippen LogP contribution in [-0.4, -0.2) is 41.1 Å². The van der Waals surface area contributed by atoms with Crippen LogP contribution >= 0.6 is 0 Å². The van der Waals surface area contributed by atoms with Gasteiger partial charge in [0.1, 0.15) is 17.7 Å². The van der Waals surface area contributed by atoms with Crippen molar-refractivity contribution < 1.29 is 14.3 Å². The van der Waals surface area contributed by atoms with Crippen LogP contribution < -0.4 is 5.32 Å². The van der Waals surface area contributed by atoms with Crippen LogP contribution in [0.15, 0.2) is 0 Å². The van der Waals surface area contributed by atoms with Gasteiger partial charge in [0, 0.05) is 6.54 Å². The Kier molecular flexibility index (Phi) is 5.59. The highest BCUT2D eigenvalue weighted by Gasteiger charge is 2.38. The Balaban J connectivity index is 2.75. The van der Waals surface area contributed by atoms with Crippen molar-refractivity contribution >= 4 is 12.0 Å². The summed E-state index contributed by atoms with van der Waals surface area (Å²) in [6.45, 7) is 9.75. The largest absolute Gasteiger partial charge is 0.444 e.